The van der Waals surface area contributed by atoms with E-state index in [2.05, 4.69) is 39.6 Å². The predicted octanol–water partition coefficient (Wildman–Crippen LogP) is 3.31. The maximum absolute atomic E-state index is 4.42. The Morgan fingerprint density at radius 3 is 3.07 bits per heavy atom. The lowest BCUT2D eigenvalue weighted by Crippen LogP contribution is -1.80. The summed E-state index contributed by atoms with van der Waals surface area (Å²) in [7, 11) is 0. The van der Waals surface area contributed by atoms with Crippen molar-refractivity contribution in [1.82, 2.24) is 15.2 Å². The van der Waals surface area contributed by atoms with E-state index in [1.54, 1.807) is 22.7 Å². The first-order valence-corrected chi connectivity index (χ1v) is 6.45. The molecule has 3 heterocycles. The van der Waals surface area contributed by atoms with Crippen LogP contribution < -0.4 is 0 Å². The largest absolute Gasteiger partial charge is 0.263 e. The average Bonchev–Trinajstić information content (AvgIpc) is 2.91. The van der Waals surface area contributed by atoms with E-state index >= 15 is 0 Å². The summed E-state index contributed by atoms with van der Waals surface area (Å²) >= 11 is 3.51. The summed E-state index contributed by atoms with van der Waals surface area (Å²) in [5, 5.41) is 9.26. The van der Waals surface area contributed by atoms with Crippen molar-refractivity contribution in [3.05, 3.63) is 23.3 Å². The van der Waals surface area contributed by atoms with Gasteiger partial charge in [-0.2, -0.15) is 5.10 Å². The quantitative estimate of drug-likeness (QED) is 0.740. The van der Waals surface area contributed by atoms with Crippen LogP contribution >= 0.6 is 22.7 Å². The van der Waals surface area contributed by atoms with Crippen molar-refractivity contribution in [2.24, 2.45) is 0 Å². The second-order valence-corrected chi connectivity index (χ2v) is 5.25. The topological polar surface area (TPSA) is 41.6 Å². The summed E-state index contributed by atoms with van der Waals surface area (Å²) in [5.41, 5.74) is 0. The summed E-state index contributed by atoms with van der Waals surface area (Å²) in [6, 6.07) is 4.30. The summed E-state index contributed by atoms with van der Waals surface area (Å²) < 4.78 is 2.63. The summed E-state index contributed by atoms with van der Waals surface area (Å²) in [5.74, 6) is 1.77. The minimum Gasteiger partial charge on any atom is -0.263 e. The molecule has 0 aliphatic carbocycles. The highest BCUT2D eigenvalue weighted by atomic mass is 32.1. The number of aryl methyl sites for hydroxylation is 1. The fourth-order valence-electron chi connectivity index (χ4n) is 1.44. The number of nitrogens with zero attached hydrogens (tertiary/aromatic N) is 2. The smallest absolute Gasteiger partial charge is 0.191 e. The zero-order valence-electron chi connectivity index (χ0n) is 8.15. The van der Waals surface area contributed by atoms with Crippen LogP contribution in [0.4, 0.5) is 0 Å². The predicted molar refractivity (Wildman–Crippen MR) is 64.5 cm³/mol. The van der Waals surface area contributed by atoms with Crippen molar-refractivity contribution in [1.29, 1.82) is 0 Å². The van der Waals surface area contributed by atoms with E-state index in [-0.39, 0.29) is 0 Å². The molecule has 0 fully saturated rings. The van der Waals surface area contributed by atoms with Crippen LogP contribution in [0.25, 0.3) is 20.1 Å². The van der Waals surface area contributed by atoms with Crippen LogP contribution in [0, 0.1) is 0 Å². The standard InChI is InChI=1S/C10H9N3S2/c1-2-9-11-10(13-12-9)8-5-7-6(15-8)3-4-14-7/h3-5H,2H2,1H3,(H,11,12,13). The second kappa shape index (κ2) is 3.43. The number of hydrogen-bond donors (Lipinski definition) is 1. The lowest BCUT2D eigenvalue weighted by atomic mass is 10.4. The van der Waals surface area contributed by atoms with Gasteiger partial charge in [-0.3, -0.25) is 5.10 Å². The fraction of sp³-hybridized carbons (Fsp3) is 0.200. The van der Waals surface area contributed by atoms with Gasteiger partial charge >= 0.3 is 0 Å². The van der Waals surface area contributed by atoms with Gasteiger partial charge in [0.2, 0.25) is 0 Å². The van der Waals surface area contributed by atoms with Gasteiger partial charge in [-0.1, -0.05) is 6.92 Å². The Morgan fingerprint density at radius 1 is 1.40 bits per heavy atom. The van der Waals surface area contributed by atoms with Crippen LogP contribution in [0.3, 0.4) is 0 Å². The Hall–Kier alpha value is -1.20. The Kier molecular flexibility index (Phi) is 2.07. The van der Waals surface area contributed by atoms with Gasteiger partial charge in [-0.05, 0) is 17.5 Å². The molecule has 0 unspecified atom stereocenters. The molecule has 0 bridgehead atoms. The zero-order chi connectivity index (χ0) is 10.3. The third-order valence-electron chi connectivity index (χ3n) is 2.23. The molecule has 0 radical (unpaired) electrons. The highest BCUT2D eigenvalue weighted by Crippen LogP contribution is 2.34. The molecular formula is C10H9N3S2. The Bertz CT molecular complexity index is 562. The van der Waals surface area contributed by atoms with Gasteiger partial charge in [0.05, 0.1) is 4.88 Å². The van der Waals surface area contributed by atoms with Crippen LogP contribution in [0.15, 0.2) is 17.5 Å². The van der Waals surface area contributed by atoms with Gasteiger partial charge in [-0.25, -0.2) is 4.98 Å². The van der Waals surface area contributed by atoms with E-state index in [9.17, 15) is 0 Å². The maximum Gasteiger partial charge on any atom is 0.191 e. The van der Waals surface area contributed by atoms with Crippen LogP contribution in [-0.2, 0) is 6.42 Å². The molecule has 15 heavy (non-hydrogen) atoms. The molecule has 0 atom stereocenters. The molecule has 76 valence electrons. The van der Waals surface area contributed by atoms with E-state index < -0.39 is 0 Å². The van der Waals surface area contributed by atoms with Gasteiger partial charge < -0.3 is 0 Å². The highest BCUT2D eigenvalue weighted by Gasteiger charge is 2.09. The molecule has 3 aromatic heterocycles. The SMILES string of the molecule is CCc1nc(-c2cc3sccc3s2)n[nH]1. The molecule has 0 aliphatic rings. The molecule has 0 amide bonds. The molecule has 3 aromatic rings. The molecule has 0 saturated carbocycles. The lowest BCUT2D eigenvalue weighted by molar-refractivity contribution is 0.946. The molecule has 3 nitrogen and oxygen atoms in total. The normalized spacial score (nSPS) is 11.3. The van der Waals surface area contributed by atoms with Crippen molar-refractivity contribution in [2.75, 3.05) is 0 Å². The Balaban J connectivity index is 2.09. The van der Waals surface area contributed by atoms with Gasteiger partial charge in [0, 0.05) is 15.8 Å². The number of nitrogens with one attached hydrogen (secondary N) is 1. The van der Waals surface area contributed by atoms with Crippen molar-refractivity contribution in [2.45, 2.75) is 13.3 Å². The highest BCUT2D eigenvalue weighted by molar-refractivity contribution is 7.28. The average molecular weight is 235 g/mol. The first-order chi connectivity index (χ1) is 7.36. The molecule has 3 rings (SSSR count). The maximum atomic E-state index is 4.42. The summed E-state index contributed by atoms with van der Waals surface area (Å²) in [6.07, 6.45) is 0.896. The molecular weight excluding hydrogens is 226 g/mol. The zero-order valence-corrected chi connectivity index (χ0v) is 9.78. The van der Waals surface area contributed by atoms with Gasteiger partial charge in [0.1, 0.15) is 5.82 Å². The number of fused-ring (bicyclic) bond motifs is 1. The van der Waals surface area contributed by atoms with Gasteiger partial charge in [-0.15, -0.1) is 22.7 Å². The first kappa shape index (κ1) is 9.06. The monoisotopic (exact) mass is 235 g/mol. The van der Waals surface area contributed by atoms with Crippen LogP contribution in [0.2, 0.25) is 0 Å². The fourth-order valence-corrected chi connectivity index (χ4v) is 3.48. The van der Waals surface area contributed by atoms with Crippen molar-refractivity contribution in [3.8, 4) is 10.7 Å². The van der Waals surface area contributed by atoms with Crippen LogP contribution in [0.1, 0.15) is 12.7 Å². The first-order valence-electron chi connectivity index (χ1n) is 4.75. The number of thiophene rings is 2. The van der Waals surface area contributed by atoms with Gasteiger partial charge in [0.15, 0.2) is 5.82 Å². The van der Waals surface area contributed by atoms with E-state index in [1.165, 1.54) is 9.40 Å². The van der Waals surface area contributed by atoms with Crippen molar-refractivity contribution < 1.29 is 0 Å². The molecule has 5 heteroatoms. The summed E-state index contributed by atoms with van der Waals surface area (Å²) in [4.78, 5) is 5.57. The van der Waals surface area contributed by atoms with Crippen molar-refractivity contribution in [3.63, 3.8) is 0 Å². The minimum atomic E-state index is 0.820. The molecule has 0 aliphatic heterocycles. The van der Waals surface area contributed by atoms with E-state index in [0.717, 1.165) is 22.9 Å². The molecule has 0 aromatic carbocycles. The molecule has 0 spiro atoms. The van der Waals surface area contributed by atoms with E-state index in [4.69, 9.17) is 0 Å². The number of rotatable bonds is 2. The number of aromatic nitrogens is 3. The number of aromatic amines is 1. The second-order valence-electron chi connectivity index (χ2n) is 3.22. The summed E-state index contributed by atoms with van der Waals surface area (Å²) in [6.45, 7) is 2.07. The van der Waals surface area contributed by atoms with E-state index in [0.29, 0.717) is 0 Å². The van der Waals surface area contributed by atoms with Crippen molar-refractivity contribution >= 4 is 32.1 Å². The third-order valence-corrected chi connectivity index (χ3v) is 4.32. The van der Waals surface area contributed by atoms with E-state index in [1.807, 2.05) is 0 Å². The molecule has 1 N–H and O–H groups in total. The molecule has 0 saturated heterocycles. The number of H-pyrrole nitrogens is 1. The van der Waals surface area contributed by atoms with Crippen LogP contribution in [0.5, 0.6) is 0 Å². The Morgan fingerprint density at radius 2 is 2.33 bits per heavy atom. The number of hydrogen-bond acceptors (Lipinski definition) is 4. The lowest BCUT2D eigenvalue weighted by Gasteiger charge is -1.84. The van der Waals surface area contributed by atoms with Crippen LogP contribution in [-0.4, -0.2) is 15.2 Å². The minimum absolute atomic E-state index is 0.820. The Labute approximate surface area is 94.8 Å². The third kappa shape index (κ3) is 1.48. The van der Waals surface area contributed by atoms with Gasteiger partial charge in [0.25, 0.3) is 0 Å².